The molecular formula is C38H52N4O4S. The largest absolute Gasteiger partial charge is 0.396 e. The summed E-state index contributed by atoms with van der Waals surface area (Å²) in [4.78, 5) is 45.7. The lowest BCUT2D eigenvalue weighted by Crippen LogP contribution is -2.56. The monoisotopic (exact) mass is 660 g/mol. The molecule has 4 N–H and O–H groups in total. The van der Waals surface area contributed by atoms with E-state index in [4.69, 9.17) is 5.73 Å². The van der Waals surface area contributed by atoms with Crippen molar-refractivity contribution in [3.63, 3.8) is 0 Å². The molecule has 1 aromatic heterocycles. The number of rotatable bonds is 16. The molecule has 0 bridgehead atoms. The summed E-state index contributed by atoms with van der Waals surface area (Å²) in [5.41, 5.74) is 9.28. The number of carbonyl (C=O) groups is 3. The highest BCUT2D eigenvalue weighted by molar-refractivity contribution is 7.09. The summed E-state index contributed by atoms with van der Waals surface area (Å²) in [6.45, 7) is 9.74. The van der Waals surface area contributed by atoms with Gasteiger partial charge in [-0.2, -0.15) is 0 Å². The molecule has 0 saturated carbocycles. The molecule has 0 spiro atoms. The van der Waals surface area contributed by atoms with Crippen LogP contribution in [0.25, 0.3) is 11.1 Å². The summed E-state index contributed by atoms with van der Waals surface area (Å²) in [7, 11) is 3.27. The first-order valence-electron chi connectivity index (χ1n) is 16.2. The number of aliphatic hydroxyl groups is 1. The molecule has 0 saturated heterocycles. The molecule has 3 rings (SSSR count). The van der Waals surface area contributed by atoms with Crippen LogP contribution in [0.2, 0.25) is 0 Å². The summed E-state index contributed by atoms with van der Waals surface area (Å²) in [5, 5.41) is 14.6. The second-order valence-corrected chi connectivity index (χ2v) is 14.7. The fourth-order valence-corrected chi connectivity index (χ4v) is 6.01. The number of aliphatic hydroxyl groups excluding tert-OH is 1. The van der Waals surface area contributed by atoms with Crippen LogP contribution >= 0.6 is 11.3 Å². The van der Waals surface area contributed by atoms with Gasteiger partial charge in [-0.3, -0.25) is 14.4 Å². The summed E-state index contributed by atoms with van der Waals surface area (Å²) < 4.78 is 0. The number of nitrogens with zero attached hydrogens (tertiary/aromatic N) is 2. The number of nitrogens with one attached hydrogen (secondary N) is 1. The number of hydrogen-bond acceptors (Lipinski definition) is 6. The number of likely N-dealkylation sites (N-methyl/N-ethyl adjacent to an activating group) is 2. The molecule has 3 amide bonds. The molecule has 0 aliphatic carbocycles. The van der Waals surface area contributed by atoms with E-state index in [0.29, 0.717) is 12.8 Å². The summed E-state index contributed by atoms with van der Waals surface area (Å²) in [6.07, 6.45) is 3.47. The average Bonchev–Trinajstić information content (AvgIpc) is 3.58. The van der Waals surface area contributed by atoms with Gasteiger partial charge in [0.1, 0.15) is 12.1 Å². The fraction of sp³-hybridized carbons (Fsp3) is 0.447. The van der Waals surface area contributed by atoms with Gasteiger partial charge >= 0.3 is 0 Å². The van der Waals surface area contributed by atoms with Crippen LogP contribution in [0, 0.1) is 5.41 Å². The van der Waals surface area contributed by atoms with Gasteiger partial charge in [0.2, 0.25) is 17.7 Å². The summed E-state index contributed by atoms with van der Waals surface area (Å²) in [5.74, 6) is -0.950. The molecule has 254 valence electrons. The second-order valence-electron chi connectivity index (χ2n) is 13.7. The van der Waals surface area contributed by atoms with E-state index in [1.165, 1.54) is 21.1 Å². The normalized spacial score (nSPS) is 14.5. The van der Waals surface area contributed by atoms with E-state index in [1.54, 1.807) is 20.2 Å². The van der Waals surface area contributed by atoms with Crippen molar-refractivity contribution >= 4 is 29.1 Å². The number of carbonyl (C=O) groups excluding carboxylic acids is 3. The van der Waals surface area contributed by atoms with Crippen molar-refractivity contribution in [2.45, 2.75) is 77.9 Å². The van der Waals surface area contributed by atoms with Crippen molar-refractivity contribution in [2.75, 3.05) is 27.2 Å². The Kier molecular flexibility index (Phi) is 13.5. The lowest BCUT2D eigenvalue weighted by molar-refractivity contribution is -0.146. The molecular weight excluding hydrogens is 609 g/mol. The lowest BCUT2D eigenvalue weighted by atomic mass is 9.91. The highest BCUT2D eigenvalue weighted by Gasteiger charge is 2.35. The van der Waals surface area contributed by atoms with E-state index in [1.807, 2.05) is 107 Å². The highest BCUT2D eigenvalue weighted by Crippen LogP contribution is 2.23. The molecule has 0 radical (unpaired) electrons. The lowest BCUT2D eigenvalue weighted by Gasteiger charge is -2.35. The van der Waals surface area contributed by atoms with Crippen molar-refractivity contribution in [1.29, 1.82) is 0 Å². The summed E-state index contributed by atoms with van der Waals surface area (Å²) >= 11 is 1.52. The predicted octanol–water partition coefficient (Wildman–Crippen LogP) is 5.45. The third-order valence-corrected chi connectivity index (χ3v) is 9.61. The molecule has 9 heteroatoms. The standard InChI is InChI=1S/C38H52N4O4S/c1-8-38(5,39)24-27(2)21-34(44)41(6)33(22-28-16-18-30(19-17-28)29-13-10-9-11-14-29)36(46)42(7)32(23-31-15-12-20-47-31)35(45)40-25-37(3,4)26-43/h9-21,32-33,43H,8,22-26,39H2,1-7H3,(H,40,45)/b27-21+/t32-,33-,38?/m1/s1. The van der Waals surface area contributed by atoms with Crippen LogP contribution in [0.5, 0.6) is 0 Å². The van der Waals surface area contributed by atoms with Crippen LogP contribution in [0.1, 0.15) is 57.9 Å². The van der Waals surface area contributed by atoms with Gasteiger partial charge < -0.3 is 26.0 Å². The van der Waals surface area contributed by atoms with Gasteiger partial charge in [0.25, 0.3) is 0 Å². The van der Waals surface area contributed by atoms with E-state index < -0.39 is 23.0 Å². The minimum atomic E-state index is -0.873. The molecule has 47 heavy (non-hydrogen) atoms. The van der Waals surface area contributed by atoms with Gasteiger partial charge in [-0.05, 0) is 54.8 Å². The Balaban J connectivity index is 1.95. The Morgan fingerprint density at radius 2 is 1.55 bits per heavy atom. The number of thiophene rings is 1. The van der Waals surface area contributed by atoms with Gasteiger partial charge in [-0.15, -0.1) is 11.3 Å². The maximum Gasteiger partial charge on any atom is 0.246 e. The Morgan fingerprint density at radius 1 is 0.915 bits per heavy atom. The fourth-order valence-electron chi connectivity index (χ4n) is 5.27. The Morgan fingerprint density at radius 3 is 2.13 bits per heavy atom. The number of nitrogens with two attached hydrogens (primary N) is 1. The van der Waals surface area contributed by atoms with Gasteiger partial charge in [0, 0.05) is 62.0 Å². The number of hydrogen-bond donors (Lipinski definition) is 3. The SMILES string of the molecule is CCC(C)(N)C/C(C)=C/C(=O)N(C)[C@H](Cc1ccc(-c2ccccc2)cc1)C(=O)N(C)[C@H](Cc1cccs1)C(=O)NCC(C)(C)CO. The maximum atomic E-state index is 14.4. The van der Waals surface area contributed by atoms with E-state index in [2.05, 4.69) is 5.32 Å². The Hall–Kier alpha value is -3.79. The molecule has 3 aromatic rings. The van der Waals surface area contributed by atoms with Crippen molar-refractivity contribution in [3.05, 3.63) is 94.2 Å². The number of amides is 3. The first kappa shape index (κ1) is 37.7. The topological polar surface area (TPSA) is 116 Å². The first-order valence-corrected chi connectivity index (χ1v) is 17.1. The van der Waals surface area contributed by atoms with Gasteiger partial charge in [0.15, 0.2) is 0 Å². The van der Waals surface area contributed by atoms with Gasteiger partial charge in [-0.1, -0.05) is 87.0 Å². The van der Waals surface area contributed by atoms with E-state index in [9.17, 15) is 19.5 Å². The van der Waals surface area contributed by atoms with Crippen LogP contribution in [0.4, 0.5) is 0 Å². The molecule has 0 aliphatic heterocycles. The minimum Gasteiger partial charge on any atom is -0.396 e. The molecule has 2 aromatic carbocycles. The quantitative estimate of drug-likeness (QED) is 0.177. The van der Waals surface area contributed by atoms with Crippen molar-refractivity contribution in [3.8, 4) is 11.1 Å². The smallest absolute Gasteiger partial charge is 0.246 e. The third kappa shape index (κ3) is 11.2. The van der Waals surface area contributed by atoms with Crippen molar-refractivity contribution in [2.24, 2.45) is 11.1 Å². The average molecular weight is 661 g/mol. The zero-order valence-electron chi connectivity index (χ0n) is 29.0. The zero-order chi connectivity index (χ0) is 34.8. The van der Waals surface area contributed by atoms with E-state index in [-0.39, 0.29) is 37.3 Å². The minimum absolute atomic E-state index is 0.0931. The van der Waals surface area contributed by atoms with Gasteiger partial charge in [0.05, 0.1) is 0 Å². The van der Waals surface area contributed by atoms with Crippen LogP contribution in [0.15, 0.2) is 83.8 Å². The molecule has 8 nitrogen and oxygen atoms in total. The first-order chi connectivity index (χ1) is 22.2. The third-order valence-electron chi connectivity index (χ3n) is 8.71. The van der Waals surface area contributed by atoms with Crippen LogP contribution in [-0.4, -0.2) is 77.5 Å². The van der Waals surface area contributed by atoms with Crippen LogP contribution < -0.4 is 11.1 Å². The van der Waals surface area contributed by atoms with Crippen LogP contribution in [0.3, 0.4) is 0 Å². The van der Waals surface area contributed by atoms with Gasteiger partial charge in [-0.25, -0.2) is 0 Å². The number of benzene rings is 2. The Labute approximate surface area is 284 Å². The molecule has 3 atom stereocenters. The maximum absolute atomic E-state index is 14.4. The second kappa shape index (κ2) is 16.9. The molecule has 0 fully saturated rings. The Bertz CT molecular complexity index is 1480. The molecule has 1 heterocycles. The zero-order valence-corrected chi connectivity index (χ0v) is 29.8. The van der Waals surface area contributed by atoms with E-state index >= 15 is 0 Å². The van der Waals surface area contributed by atoms with Crippen molar-refractivity contribution in [1.82, 2.24) is 15.1 Å². The molecule has 1 unspecified atom stereocenters. The van der Waals surface area contributed by atoms with Crippen LogP contribution in [-0.2, 0) is 27.2 Å². The summed E-state index contributed by atoms with van der Waals surface area (Å²) in [6, 6.07) is 20.2. The van der Waals surface area contributed by atoms with E-state index in [0.717, 1.165) is 33.6 Å². The highest BCUT2D eigenvalue weighted by atomic mass is 32.1. The predicted molar refractivity (Wildman–Crippen MR) is 192 cm³/mol. The molecule has 0 aliphatic rings. The van der Waals surface area contributed by atoms with Crippen molar-refractivity contribution < 1.29 is 19.5 Å².